The van der Waals surface area contributed by atoms with E-state index in [9.17, 15) is 0 Å². The molecule has 0 saturated carbocycles. The summed E-state index contributed by atoms with van der Waals surface area (Å²) in [4.78, 5) is 2.41. The van der Waals surface area contributed by atoms with E-state index in [4.69, 9.17) is 16.7 Å². The SMILES string of the molecule is CC1CCN(c2ccc(CO)c(Cl)c2)C(C)C1. The Hall–Kier alpha value is -0.730. The smallest absolute Gasteiger partial charge is 0.0696 e. The lowest BCUT2D eigenvalue weighted by molar-refractivity contribution is 0.282. The molecule has 2 nitrogen and oxygen atoms in total. The van der Waals surface area contributed by atoms with Crippen LogP contribution in [0, 0.1) is 5.92 Å². The van der Waals surface area contributed by atoms with Crippen LogP contribution in [0.4, 0.5) is 5.69 Å². The fraction of sp³-hybridized carbons (Fsp3) is 0.571. The Labute approximate surface area is 108 Å². The van der Waals surface area contributed by atoms with Crippen LogP contribution in [0.1, 0.15) is 32.3 Å². The summed E-state index contributed by atoms with van der Waals surface area (Å²) in [6.07, 6.45) is 2.48. The van der Waals surface area contributed by atoms with Gasteiger partial charge in [-0.15, -0.1) is 0 Å². The van der Waals surface area contributed by atoms with Crippen LogP contribution in [0.15, 0.2) is 18.2 Å². The summed E-state index contributed by atoms with van der Waals surface area (Å²) in [5.41, 5.74) is 1.97. The number of hydrogen-bond acceptors (Lipinski definition) is 2. The minimum Gasteiger partial charge on any atom is -0.392 e. The number of hydrogen-bond donors (Lipinski definition) is 1. The molecule has 1 aliphatic heterocycles. The Morgan fingerprint density at radius 2 is 2.18 bits per heavy atom. The second-order valence-electron chi connectivity index (χ2n) is 5.11. The number of aliphatic hydroxyl groups excluding tert-OH is 1. The Kier molecular flexibility index (Phi) is 3.95. The van der Waals surface area contributed by atoms with Crippen molar-refractivity contribution in [1.29, 1.82) is 0 Å². The van der Waals surface area contributed by atoms with E-state index in [1.54, 1.807) is 0 Å². The predicted molar refractivity (Wildman–Crippen MR) is 72.6 cm³/mol. The molecule has 3 heteroatoms. The molecule has 0 radical (unpaired) electrons. The minimum atomic E-state index is 0.00566. The molecule has 0 bridgehead atoms. The van der Waals surface area contributed by atoms with Crippen LogP contribution in [-0.4, -0.2) is 17.7 Å². The largest absolute Gasteiger partial charge is 0.392 e. The lowest BCUT2D eigenvalue weighted by atomic mass is 9.93. The minimum absolute atomic E-state index is 0.00566. The second-order valence-corrected chi connectivity index (χ2v) is 5.51. The second kappa shape index (κ2) is 5.28. The number of rotatable bonds is 2. The van der Waals surface area contributed by atoms with Gasteiger partial charge in [0, 0.05) is 23.3 Å². The molecule has 1 N–H and O–H groups in total. The molecule has 1 fully saturated rings. The average Bonchev–Trinajstić information content (AvgIpc) is 2.29. The maximum absolute atomic E-state index is 9.11. The van der Waals surface area contributed by atoms with E-state index in [2.05, 4.69) is 24.8 Å². The van der Waals surface area contributed by atoms with Crippen molar-refractivity contribution in [3.8, 4) is 0 Å². The molecule has 2 atom stereocenters. The molecule has 1 heterocycles. The molecule has 0 aliphatic carbocycles. The molecular weight excluding hydrogens is 234 g/mol. The normalized spacial score (nSPS) is 25.1. The molecule has 1 aromatic carbocycles. The molecule has 1 saturated heterocycles. The standard InChI is InChI=1S/C14H20ClNO/c1-10-5-6-16(11(2)7-10)13-4-3-12(9-17)14(15)8-13/h3-4,8,10-11,17H,5-7,9H2,1-2H3. The first-order chi connectivity index (χ1) is 8.11. The Morgan fingerprint density at radius 3 is 2.76 bits per heavy atom. The van der Waals surface area contributed by atoms with Crippen molar-refractivity contribution in [3.63, 3.8) is 0 Å². The summed E-state index contributed by atoms with van der Waals surface area (Å²) >= 11 is 6.14. The zero-order valence-corrected chi connectivity index (χ0v) is 11.2. The summed E-state index contributed by atoms with van der Waals surface area (Å²) in [5, 5.41) is 9.77. The molecule has 0 aromatic heterocycles. The highest BCUT2D eigenvalue weighted by molar-refractivity contribution is 6.31. The van der Waals surface area contributed by atoms with Gasteiger partial charge in [-0.3, -0.25) is 0 Å². The zero-order chi connectivity index (χ0) is 12.4. The van der Waals surface area contributed by atoms with E-state index >= 15 is 0 Å². The van der Waals surface area contributed by atoms with Gasteiger partial charge in [-0.2, -0.15) is 0 Å². The van der Waals surface area contributed by atoms with Gasteiger partial charge in [-0.25, -0.2) is 0 Å². The number of piperidine rings is 1. The van der Waals surface area contributed by atoms with Crippen molar-refractivity contribution in [3.05, 3.63) is 28.8 Å². The van der Waals surface area contributed by atoms with Gasteiger partial charge in [-0.05, 0) is 43.4 Å². The number of anilines is 1. The van der Waals surface area contributed by atoms with E-state index in [1.165, 1.54) is 18.5 Å². The maximum atomic E-state index is 9.11. The quantitative estimate of drug-likeness (QED) is 0.873. The number of benzene rings is 1. The van der Waals surface area contributed by atoms with Gasteiger partial charge in [-0.1, -0.05) is 24.6 Å². The molecule has 17 heavy (non-hydrogen) atoms. The van der Waals surface area contributed by atoms with Crippen molar-refractivity contribution in [2.45, 2.75) is 39.3 Å². The lowest BCUT2D eigenvalue weighted by Crippen LogP contribution is -2.40. The number of aliphatic hydroxyl groups is 1. The fourth-order valence-corrected chi connectivity index (χ4v) is 2.87. The van der Waals surface area contributed by atoms with Crippen molar-refractivity contribution < 1.29 is 5.11 Å². The van der Waals surface area contributed by atoms with Crippen LogP contribution < -0.4 is 4.90 Å². The van der Waals surface area contributed by atoms with E-state index in [1.807, 2.05) is 12.1 Å². The molecular formula is C14H20ClNO. The van der Waals surface area contributed by atoms with Crippen molar-refractivity contribution in [1.82, 2.24) is 0 Å². The van der Waals surface area contributed by atoms with Gasteiger partial charge in [0.15, 0.2) is 0 Å². The van der Waals surface area contributed by atoms with Crippen molar-refractivity contribution >= 4 is 17.3 Å². The third-order valence-corrected chi connectivity index (χ3v) is 4.03. The van der Waals surface area contributed by atoms with E-state index in [0.717, 1.165) is 18.0 Å². The average molecular weight is 254 g/mol. The summed E-state index contributed by atoms with van der Waals surface area (Å²) < 4.78 is 0. The zero-order valence-electron chi connectivity index (χ0n) is 10.5. The van der Waals surface area contributed by atoms with Gasteiger partial charge in [0.1, 0.15) is 0 Å². The summed E-state index contributed by atoms with van der Waals surface area (Å²) in [7, 11) is 0. The molecule has 2 rings (SSSR count). The predicted octanol–water partition coefficient (Wildman–Crippen LogP) is 3.46. The van der Waals surface area contributed by atoms with Gasteiger partial charge in [0.05, 0.1) is 6.61 Å². The Bertz CT molecular complexity index is 394. The highest BCUT2D eigenvalue weighted by Gasteiger charge is 2.23. The van der Waals surface area contributed by atoms with Crippen LogP contribution in [0.25, 0.3) is 0 Å². The monoisotopic (exact) mass is 253 g/mol. The van der Waals surface area contributed by atoms with Crippen LogP contribution in [0.2, 0.25) is 5.02 Å². The van der Waals surface area contributed by atoms with E-state index in [0.29, 0.717) is 11.1 Å². The molecule has 94 valence electrons. The van der Waals surface area contributed by atoms with Crippen molar-refractivity contribution in [2.24, 2.45) is 5.92 Å². The molecule has 2 unspecified atom stereocenters. The maximum Gasteiger partial charge on any atom is 0.0696 e. The molecule has 1 aromatic rings. The van der Waals surface area contributed by atoms with Crippen LogP contribution in [-0.2, 0) is 6.61 Å². The molecule has 0 amide bonds. The summed E-state index contributed by atoms with van der Waals surface area (Å²) in [6.45, 7) is 5.68. The first-order valence-electron chi connectivity index (χ1n) is 6.27. The topological polar surface area (TPSA) is 23.5 Å². The lowest BCUT2D eigenvalue weighted by Gasteiger charge is -2.38. The van der Waals surface area contributed by atoms with Crippen LogP contribution >= 0.6 is 11.6 Å². The van der Waals surface area contributed by atoms with Gasteiger partial charge in [0.25, 0.3) is 0 Å². The van der Waals surface area contributed by atoms with E-state index in [-0.39, 0.29) is 6.61 Å². The third kappa shape index (κ3) is 2.75. The van der Waals surface area contributed by atoms with Gasteiger partial charge in [0.2, 0.25) is 0 Å². The Balaban J connectivity index is 2.19. The van der Waals surface area contributed by atoms with Gasteiger partial charge >= 0.3 is 0 Å². The van der Waals surface area contributed by atoms with E-state index < -0.39 is 0 Å². The molecule has 1 aliphatic rings. The number of nitrogens with zero attached hydrogens (tertiary/aromatic N) is 1. The Morgan fingerprint density at radius 1 is 1.41 bits per heavy atom. The first-order valence-corrected chi connectivity index (χ1v) is 6.65. The van der Waals surface area contributed by atoms with Crippen LogP contribution in [0.5, 0.6) is 0 Å². The third-order valence-electron chi connectivity index (χ3n) is 3.68. The van der Waals surface area contributed by atoms with Gasteiger partial charge < -0.3 is 10.0 Å². The highest BCUT2D eigenvalue weighted by Crippen LogP contribution is 2.30. The summed E-state index contributed by atoms with van der Waals surface area (Å²) in [5.74, 6) is 0.813. The molecule has 0 spiro atoms. The first kappa shape index (κ1) is 12.7. The van der Waals surface area contributed by atoms with Crippen molar-refractivity contribution in [2.75, 3.05) is 11.4 Å². The highest BCUT2D eigenvalue weighted by atomic mass is 35.5. The fourth-order valence-electron chi connectivity index (χ4n) is 2.63. The summed E-state index contributed by atoms with van der Waals surface area (Å²) in [6, 6.07) is 6.51. The van der Waals surface area contributed by atoms with Crippen LogP contribution in [0.3, 0.4) is 0 Å². The number of halogens is 1.